The highest BCUT2D eigenvalue weighted by molar-refractivity contribution is 7.99. The molecule has 0 aliphatic carbocycles. The van der Waals surface area contributed by atoms with Crippen molar-refractivity contribution in [3.63, 3.8) is 0 Å². The van der Waals surface area contributed by atoms with Crippen molar-refractivity contribution in [3.8, 4) is 5.75 Å². The van der Waals surface area contributed by atoms with E-state index < -0.39 is 0 Å². The molecule has 0 fully saturated rings. The molecule has 31 heavy (non-hydrogen) atoms. The highest BCUT2D eigenvalue weighted by Crippen LogP contribution is 2.35. The molecule has 0 saturated carbocycles. The van der Waals surface area contributed by atoms with Crippen LogP contribution in [0.2, 0.25) is 0 Å². The van der Waals surface area contributed by atoms with Crippen molar-refractivity contribution >= 4 is 40.6 Å². The fraction of sp³-hybridized carbons (Fsp3) is 0.250. The molecule has 1 aliphatic heterocycles. The largest absolute Gasteiger partial charge is 0.415 e. The number of hydrogen-bond donors (Lipinski definition) is 1. The normalized spacial score (nSPS) is 12.9. The molecular weight excluding hydrogens is 426 g/mol. The van der Waals surface area contributed by atoms with Crippen LogP contribution < -0.4 is 9.64 Å². The molecule has 160 valence electrons. The van der Waals surface area contributed by atoms with E-state index in [-0.39, 0.29) is 6.09 Å². The minimum absolute atomic E-state index is 0.347. The van der Waals surface area contributed by atoms with Crippen LogP contribution in [0.4, 0.5) is 10.5 Å². The molecule has 7 heteroatoms. The van der Waals surface area contributed by atoms with Crippen LogP contribution in [0.1, 0.15) is 10.4 Å². The first kappa shape index (κ1) is 21.5. The predicted octanol–water partition coefficient (Wildman–Crippen LogP) is 5.40. The summed E-state index contributed by atoms with van der Waals surface area (Å²) in [6, 6.07) is 19.6. The smallest absolute Gasteiger partial charge is 0.410 e. The van der Waals surface area contributed by atoms with E-state index in [0.29, 0.717) is 24.4 Å². The zero-order valence-corrected chi connectivity index (χ0v) is 19.0. The monoisotopic (exact) mass is 451 g/mol. The molecule has 1 aliphatic rings. The average Bonchev–Trinajstić information content (AvgIpc) is 3.33. The summed E-state index contributed by atoms with van der Waals surface area (Å²) >= 11 is 3.47. The molecule has 0 spiro atoms. The van der Waals surface area contributed by atoms with Crippen LogP contribution >= 0.6 is 23.1 Å². The molecule has 1 amide bonds. The molecule has 1 N–H and O–H groups in total. The number of rotatable bonds is 7. The third-order valence-electron chi connectivity index (χ3n) is 5.15. The summed E-state index contributed by atoms with van der Waals surface area (Å²) in [5, 5.41) is 10.4. The van der Waals surface area contributed by atoms with E-state index >= 15 is 0 Å². The second-order valence-electron chi connectivity index (χ2n) is 7.37. The molecule has 4 rings (SSSR count). The lowest BCUT2D eigenvalue weighted by Gasteiger charge is -2.32. The van der Waals surface area contributed by atoms with Crippen molar-refractivity contribution in [1.82, 2.24) is 4.90 Å². The lowest BCUT2D eigenvalue weighted by atomic mass is 10.1. The van der Waals surface area contributed by atoms with E-state index in [2.05, 4.69) is 23.1 Å². The molecule has 0 radical (unpaired) electrons. The van der Waals surface area contributed by atoms with Crippen LogP contribution in [0.25, 0.3) is 0 Å². The third kappa shape index (κ3) is 5.48. The summed E-state index contributed by atoms with van der Waals surface area (Å²) in [7, 11) is 1.77. The number of anilines is 1. The number of ether oxygens (including phenoxy) is 1. The van der Waals surface area contributed by atoms with Crippen molar-refractivity contribution < 1.29 is 9.53 Å². The number of likely N-dealkylation sites (N-methyl/N-ethyl adjacent to an activating group) is 1. The Labute approximate surface area is 191 Å². The number of fused-ring (bicyclic) bond motifs is 1. The van der Waals surface area contributed by atoms with Crippen molar-refractivity contribution in [2.24, 2.45) is 0 Å². The van der Waals surface area contributed by atoms with Crippen LogP contribution in [0, 0.1) is 5.41 Å². The zero-order chi connectivity index (χ0) is 21.6. The molecule has 3 aromatic rings. The molecule has 0 saturated heterocycles. The van der Waals surface area contributed by atoms with Gasteiger partial charge < -0.3 is 19.9 Å². The van der Waals surface area contributed by atoms with E-state index in [9.17, 15) is 4.79 Å². The lowest BCUT2D eigenvalue weighted by Crippen LogP contribution is -2.39. The van der Waals surface area contributed by atoms with Gasteiger partial charge in [-0.1, -0.05) is 30.3 Å². The van der Waals surface area contributed by atoms with Crippen LogP contribution in [0.5, 0.6) is 5.75 Å². The van der Waals surface area contributed by atoms with Gasteiger partial charge in [-0.3, -0.25) is 0 Å². The zero-order valence-electron chi connectivity index (χ0n) is 17.4. The first-order valence-corrected chi connectivity index (χ1v) is 12.1. The van der Waals surface area contributed by atoms with Gasteiger partial charge in [0, 0.05) is 48.6 Å². The molecule has 0 unspecified atom stereocenters. The van der Waals surface area contributed by atoms with Crippen molar-refractivity contribution in [1.29, 1.82) is 5.41 Å². The van der Waals surface area contributed by atoms with Gasteiger partial charge in [0.2, 0.25) is 0 Å². The highest BCUT2D eigenvalue weighted by atomic mass is 32.2. The first-order valence-electron chi connectivity index (χ1n) is 10.2. The number of carbonyl (C=O) groups is 1. The van der Waals surface area contributed by atoms with Crippen molar-refractivity contribution in [2.45, 2.75) is 11.3 Å². The van der Waals surface area contributed by atoms with Gasteiger partial charge in [-0.2, -0.15) is 0 Å². The first-order chi connectivity index (χ1) is 15.1. The topological polar surface area (TPSA) is 56.6 Å². The Hall–Kier alpha value is -2.77. The van der Waals surface area contributed by atoms with Crippen molar-refractivity contribution in [2.75, 3.05) is 37.3 Å². The summed E-state index contributed by atoms with van der Waals surface area (Å²) in [5.74, 6) is 1.57. The quantitative estimate of drug-likeness (QED) is 0.489. The Morgan fingerprint density at radius 1 is 1.16 bits per heavy atom. The average molecular weight is 452 g/mol. The Bertz CT molecular complexity index is 1040. The molecule has 5 nitrogen and oxygen atoms in total. The van der Waals surface area contributed by atoms with Gasteiger partial charge in [0.05, 0.1) is 11.4 Å². The van der Waals surface area contributed by atoms with Crippen LogP contribution in [-0.2, 0) is 6.42 Å². The third-order valence-corrected chi connectivity index (χ3v) is 7.10. The van der Waals surface area contributed by atoms with Gasteiger partial charge in [0.25, 0.3) is 0 Å². The Balaban J connectivity index is 1.35. The fourth-order valence-electron chi connectivity index (χ4n) is 3.43. The molecule has 2 heterocycles. The Morgan fingerprint density at radius 3 is 2.77 bits per heavy atom. The van der Waals surface area contributed by atoms with Crippen LogP contribution in [-0.4, -0.2) is 49.1 Å². The number of para-hydroxylation sites is 1. The number of thiophene rings is 1. The second-order valence-corrected chi connectivity index (χ2v) is 9.46. The molecule has 2 aromatic carbocycles. The summed E-state index contributed by atoms with van der Waals surface area (Å²) in [5.41, 5.74) is 3.02. The Morgan fingerprint density at radius 2 is 2.00 bits per heavy atom. The predicted molar refractivity (Wildman–Crippen MR) is 129 cm³/mol. The second kappa shape index (κ2) is 10.0. The summed E-state index contributed by atoms with van der Waals surface area (Å²) < 4.78 is 5.41. The van der Waals surface area contributed by atoms with Gasteiger partial charge in [-0.25, -0.2) is 4.79 Å². The van der Waals surface area contributed by atoms with Crippen LogP contribution in [0.3, 0.4) is 0 Å². The molecule has 0 bridgehead atoms. The van der Waals surface area contributed by atoms with Gasteiger partial charge in [-0.15, -0.1) is 23.1 Å². The summed E-state index contributed by atoms with van der Waals surface area (Å²) in [6.45, 7) is 2.28. The number of benzene rings is 2. The molecule has 0 atom stereocenters. The summed E-state index contributed by atoms with van der Waals surface area (Å²) in [4.78, 5) is 18.6. The number of nitrogens with one attached hydrogen (secondary N) is 1. The summed E-state index contributed by atoms with van der Waals surface area (Å²) in [6.07, 6.45) is 0.294. The van der Waals surface area contributed by atoms with Crippen LogP contribution in [0.15, 0.2) is 70.9 Å². The number of carbonyl (C=O) groups excluding carboxylic acids is 1. The molecular formula is C24H25N3O2S2. The van der Waals surface area contributed by atoms with Crippen molar-refractivity contribution in [3.05, 3.63) is 76.5 Å². The van der Waals surface area contributed by atoms with E-state index in [0.717, 1.165) is 29.3 Å². The number of thioether (sulfide) groups is 1. The van der Waals surface area contributed by atoms with E-state index in [4.69, 9.17) is 10.1 Å². The van der Waals surface area contributed by atoms with E-state index in [1.165, 1.54) is 10.6 Å². The minimum atomic E-state index is -0.347. The number of hydrogen-bond acceptors (Lipinski definition) is 6. The van der Waals surface area contributed by atoms with E-state index in [1.807, 2.05) is 47.5 Å². The maximum absolute atomic E-state index is 12.3. The number of amides is 1. The van der Waals surface area contributed by atoms with Gasteiger partial charge in [0.15, 0.2) is 0 Å². The van der Waals surface area contributed by atoms with Gasteiger partial charge in [0.1, 0.15) is 5.75 Å². The van der Waals surface area contributed by atoms with Gasteiger partial charge >= 0.3 is 6.09 Å². The minimum Gasteiger partial charge on any atom is -0.410 e. The maximum atomic E-state index is 12.3. The maximum Gasteiger partial charge on any atom is 0.415 e. The number of nitrogens with zero attached hydrogens (tertiary/aromatic N) is 2. The SMILES string of the molecule is CN(CCN1CCSc2cc(CC(=N)c3cccs3)ccc21)C(=O)Oc1ccccc1. The molecule has 1 aromatic heterocycles. The van der Waals surface area contributed by atoms with Gasteiger partial charge in [-0.05, 0) is 41.3 Å². The fourth-order valence-corrected chi connectivity index (χ4v) is 5.22. The highest BCUT2D eigenvalue weighted by Gasteiger charge is 2.20. The standard InChI is InChI=1S/C24H25N3O2S2/c1-26(24(28)29-19-6-3-2-4-7-19)11-12-27-13-15-31-23-17-18(9-10-21(23)27)16-20(25)22-8-5-14-30-22/h2-10,14,17,25H,11-13,15-16H2,1H3. The Kier molecular flexibility index (Phi) is 6.94. The lowest BCUT2D eigenvalue weighted by molar-refractivity contribution is 0.164. The van der Waals surface area contributed by atoms with E-state index in [1.54, 1.807) is 35.4 Å².